The van der Waals surface area contributed by atoms with Crippen molar-refractivity contribution >= 4 is 16.8 Å². The maximum absolute atomic E-state index is 12.9. The SMILES string of the molecule is CC(C)CCC[C@@H](C)NC(=O)COc1ccc2nc3n(c(=O)c2c1)CCCCC3. The third kappa shape index (κ3) is 5.81. The van der Waals surface area contributed by atoms with Crippen molar-refractivity contribution < 1.29 is 9.53 Å². The number of ether oxygens (including phenoxy) is 1. The first-order valence-electron chi connectivity index (χ1n) is 10.9. The maximum atomic E-state index is 12.9. The minimum atomic E-state index is -0.140. The molecule has 2 heterocycles. The second kappa shape index (κ2) is 9.90. The number of hydrogen-bond donors (Lipinski definition) is 1. The molecule has 1 amide bonds. The zero-order chi connectivity index (χ0) is 20.8. The van der Waals surface area contributed by atoms with Crippen LogP contribution in [0.3, 0.4) is 0 Å². The van der Waals surface area contributed by atoms with E-state index in [1.807, 2.05) is 13.0 Å². The van der Waals surface area contributed by atoms with Gasteiger partial charge in [0.1, 0.15) is 11.6 Å². The van der Waals surface area contributed by atoms with Gasteiger partial charge in [-0.3, -0.25) is 14.2 Å². The van der Waals surface area contributed by atoms with Gasteiger partial charge in [0.05, 0.1) is 10.9 Å². The van der Waals surface area contributed by atoms with Crippen LogP contribution >= 0.6 is 0 Å². The van der Waals surface area contributed by atoms with Crippen molar-refractivity contribution in [2.24, 2.45) is 5.92 Å². The zero-order valence-corrected chi connectivity index (χ0v) is 17.9. The Balaban J connectivity index is 1.61. The smallest absolute Gasteiger partial charge is 0.261 e. The minimum Gasteiger partial charge on any atom is -0.484 e. The number of carbonyl (C=O) groups is 1. The Labute approximate surface area is 172 Å². The lowest BCUT2D eigenvalue weighted by molar-refractivity contribution is -0.123. The van der Waals surface area contributed by atoms with E-state index >= 15 is 0 Å². The summed E-state index contributed by atoms with van der Waals surface area (Å²) in [7, 11) is 0. The lowest BCUT2D eigenvalue weighted by Crippen LogP contribution is -2.36. The lowest BCUT2D eigenvalue weighted by Gasteiger charge is -2.15. The van der Waals surface area contributed by atoms with Crippen LogP contribution in [0.25, 0.3) is 10.9 Å². The van der Waals surface area contributed by atoms with Crippen LogP contribution in [0.5, 0.6) is 5.75 Å². The Kier molecular flexibility index (Phi) is 7.29. The van der Waals surface area contributed by atoms with Crippen LogP contribution in [0, 0.1) is 5.92 Å². The second-order valence-electron chi connectivity index (χ2n) is 8.56. The van der Waals surface area contributed by atoms with Gasteiger partial charge in [-0.2, -0.15) is 0 Å². The van der Waals surface area contributed by atoms with Crippen molar-refractivity contribution in [3.63, 3.8) is 0 Å². The number of amides is 1. The van der Waals surface area contributed by atoms with Gasteiger partial charge in [-0.1, -0.05) is 33.1 Å². The number of aromatic nitrogens is 2. The molecule has 0 radical (unpaired) electrons. The number of carbonyl (C=O) groups excluding carboxylic acids is 1. The average molecular weight is 400 g/mol. The molecule has 1 aliphatic heterocycles. The molecule has 1 aromatic heterocycles. The zero-order valence-electron chi connectivity index (χ0n) is 17.9. The molecule has 0 spiro atoms. The lowest BCUT2D eigenvalue weighted by atomic mass is 10.0. The van der Waals surface area contributed by atoms with Crippen molar-refractivity contribution in [1.82, 2.24) is 14.9 Å². The van der Waals surface area contributed by atoms with Crippen molar-refractivity contribution in [3.8, 4) is 5.75 Å². The molecule has 158 valence electrons. The predicted molar refractivity (Wildman–Crippen MR) is 115 cm³/mol. The predicted octanol–water partition coefficient (Wildman–Crippen LogP) is 3.83. The third-order valence-corrected chi connectivity index (χ3v) is 5.48. The van der Waals surface area contributed by atoms with Gasteiger partial charge >= 0.3 is 0 Å². The second-order valence-corrected chi connectivity index (χ2v) is 8.56. The van der Waals surface area contributed by atoms with E-state index in [1.165, 1.54) is 6.42 Å². The van der Waals surface area contributed by atoms with Gasteiger partial charge in [0.2, 0.25) is 0 Å². The summed E-state index contributed by atoms with van der Waals surface area (Å²) in [5.41, 5.74) is 0.680. The highest BCUT2D eigenvalue weighted by Gasteiger charge is 2.15. The first-order chi connectivity index (χ1) is 13.9. The summed E-state index contributed by atoms with van der Waals surface area (Å²) in [6, 6.07) is 5.43. The molecule has 0 unspecified atom stereocenters. The quantitative estimate of drug-likeness (QED) is 0.732. The van der Waals surface area contributed by atoms with Crippen molar-refractivity contribution in [1.29, 1.82) is 0 Å². The molecular weight excluding hydrogens is 366 g/mol. The number of benzene rings is 1. The molecule has 0 aliphatic carbocycles. The van der Waals surface area contributed by atoms with Crippen LogP contribution < -0.4 is 15.6 Å². The van der Waals surface area contributed by atoms with Crippen LogP contribution in [0.15, 0.2) is 23.0 Å². The molecule has 2 aromatic rings. The molecule has 29 heavy (non-hydrogen) atoms. The summed E-state index contributed by atoms with van der Waals surface area (Å²) in [4.78, 5) is 29.7. The van der Waals surface area contributed by atoms with E-state index in [9.17, 15) is 9.59 Å². The molecule has 0 saturated carbocycles. The van der Waals surface area contributed by atoms with Crippen LogP contribution in [-0.4, -0.2) is 28.1 Å². The standard InChI is InChI=1S/C23H33N3O3/c1-16(2)8-7-9-17(3)24-22(27)15-29-18-11-12-20-19(14-18)23(28)26-13-6-4-5-10-21(26)25-20/h11-12,14,16-17H,4-10,13,15H2,1-3H3,(H,24,27)/t17-/m1/s1. The third-order valence-electron chi connectivity index (χ3n) is 5.48. The van der Waals surface area contributed by atoms with Crippen molar-refractivity contribution in [3.05, 3.63) is 34.4 Å². The average Bonchev–Trinajstić information content (AvgIpc) is 2.92. The van der Waals surface area contributed by atoms with Crippen LogP contribution in [-0.2, 0) is 17.8 Å². The number of nitrogens with zero attached hydrogens (tertiary/aromatic N) is 2. The maximum Gasteiger partial charge on any atom is 0.261 e. The van der Waals surface area contributed by atoms with Gasteiger partial charge in [-0.25, -0.2) is 4.98 Å². The molecule has 3 rings (SSSR count). The van der Waals surface area contributed by atoms with E-state index in [1.54, 1.807) is 16.7 Å². The molecule has 0 bridgehead atoms. The number of hydrogen-bond acceptors (Lipinski definition) is 4. The van der Waals surface area contributed by atoms with Gasteiger partial charge in [-0.05, 0) is 50.3 Å². The fraction of sp³-hybridized carbons (Fsp3) is 0.609. The molecule has 1 aliphatic rings. The summed E-state index contributed by atoms with van der Waals surface area (Å²) in [6.45, 7) is 7.10. The first kappa shape index (κ1) is 21.3. The Bertz CT molecular complexity index is 904. The summed E-state index contributed by atoms with van der Waals surface area (Å²) in [6.07, 6.45) is 7.29. The fourth-order valence-electron chi connectivity index (χ4n) is 3.86. The summed E-state index contributed by atoms with van der Waals surface area (Å²) < 4.78 is 7.45. The molecule has 6 nitrogen and oxygen atoms in total. The molecule has 1 atom stereocenters. The van der Waals surface area contributed by atoms with Crippen LogP contribution in [0.4, 0.5) is 0 Å². The van der Waals surface area contributed by atoms with Gasteiger partial charge in [0, 0.05) is 19.0 Å². The van der Waals surface area contributed by atoms with Crippen LogP contribution in [0.2, 0.25) is 0 Å². The van der Waals surface area contributed by atoms with Crippen molar-refractivity contribution in [2.75, 3.05) is 6.61 Å². The highest BCUT2D eigenvalue weighted by Crippen LogP contribution is 2.19. The number of rotatable bonds is 8. The summed E-state index contributed by atoms with van der Waals surface area (Å²) in [5, 5.41) is 3.53. The highest BCUT2D eigenvalue weighted by atomic mass is 16.5. The Morgan fingerprint density at radius 2 is 2.03 bits per heavy atom. The molecule has 6 heteroatoms. The Hall–Kier alpha value is -2.37. The largest absolute Gasteiger partial charge is 0.484 e. The molecule has 0 saturated heterocycles. The number of fused-ring (bicyclic) bond motifs is 2. The minimum absolute atomic E-state index is 0.0134. The Morgan fingerprint density at radius 1 is 1.21 bits per heavy atom. The van der Waals surface area contributed by atoms with Crippen LogP contribution in [0.1, 0.15) is 65.1 Å². The fourth-order valence-corrected chi connectivity index (χ4v) is 3.86. The number of nitrogens with one attached hydrogen (secondary N) is 1. The molecule has 1 N–H and O–H groups in total. The van der Waals surface area contributed by atoms with E-state index in [0.717, 1.165) is 50.9 Å². The van der Waals surface area contributed by atoms with E-state index in [2.05, 4.69) is 24.1 Å². The first-order valence-corrected chi connectivity index (χ1v) is 10.9. The molecule has 1 aromatic carbocycles. The monoisotopic (exact) mass is 399 g/mol. The summed E-state index contributed by atoms with van der Waals surface area (Å²) >= 11 is 0. The number of aryl methyl sites for hydroxylation is 1. The molecule has 0 fully saturated rings. The Morgan fingerprint density at radius 3 is 2.83 bits per heavy atom. The summed E-state index contributed by atoms with van der Waals surface area (Å²) in [5.74, 6) is 1.94. The van der Waals surface area contributed by atoms with E-state index < -0.39 is 0 Å². The van der Waals surface area contributed by atoms with Gasteiger partial charge in [-0.15, -0.1) is 0 Å². The topological polar surface area (TPSA) is 73.2 Å². The van der Waals surface area contributed by atoms with E-state index in [0.29, 0.717) is 22.6 Å². The van der Waals surface area contributed by atoms with Gasteiger partial charge in [0.15, 0.2) is 6.61 Å². The molecular formula is C23H33N3O3. The van der Waals surface area contributed by atoms with Gasteiger partial charge < -0.3 is 10.1 Å². The van der Waals surface area contributed by atoms with Crippen molar-refractivity contribution in [2.45, 2.75) is 78.3 Å². The highest BCUT2D eigenvalue weighted by molar-refractivity contribution is 5.80. The van der Waals surface area contributed by atoms with E-state index in [4.69, 9.17) is 4.74 Å². The van der Waals surface area contributed by atoms with E-state index in [-0.39, 0.29) is 24.1 Å². The van der Waals surface area contributed by atoms with Gasteiger partial charge in [0.25, 0.3) is 11.5 Å². The normalized spacial score (nSPS) is 15.0.